The van der Waals surface area contributed by atoms with E-state index in [1.165, 1.54) is 11.3 Å². The van der Waals surface area contributed by atoms with Crippen molar-refractivity contribution in [1.29, 1.82) is 0 Å². The van der Waals surface area contributed by atoms with Crippen LogP contribution in [-0.2, 0) is 4.79 Å². The molecule has 0 aliphatic heterocycles. The van der Waals surface area contributed by atoms with Crippen LogP contribution in [0.15, 0.2) is 30.5 Å². The van der Waals surface area contributed by atoms with Crippen LogP contribution in [0.3, 0.4) is 0 Å². The van der Waals surface area contributed by atoms with Crippen molar-refractivity contribution in [3.63, 3.8) is 0 Å². The Bertz CT molecular complexity index is 651. The Morgan fingerprint density at radius 1 is 1.14 bits per heavy atom. The summed E-state index contributed by atoms with van der Waals surface area (Å²) in [4.78, 5) is 38.1. The van der Waals surface area contributed by atoms with Crippen molar-refractivity contribution in [2.45, 2.75) is 12.8 Å². The maximum absolute atomic E-state index is 11.8. The molecule has 0 aromatic carbocycles. The second-order valence-corrected chi connectivity index (χ2v) is 5.83. The van der Waals surface area contributed by atoms with E-state index in [-0.39, 0.29) is 18.6 Å². The van der Waals surface area contributed by atoms with Gasteiger partial charge in [-0.25, -0.2) is 0 Å². The zero-order chi connectivity index (χ0) is 15.2. The summed E-state index contributed by atoms with van der Waals surface area (Å²) in [6, 6.07) is 6.50. The summed E-state index contributed by atoms with van der Waals surface area (Å²) in [6.45, 7) is 0. The SMILES string of the molecule is O=C(CCC(=O)c1ccc(Cl)s1)NNC(=O)c1ccc[nH]1. The number of ketones is 1. The fourth-order valence-electron chi connectivity index (χ4n) is 1.54. The van der Waals surface area contributed by atoms with E-state index in [1.807, 2.05) is 0 Å². The van der Waals surface area contributed by atoms with Crippen LogP contribution in [0.2, 0.25) is 4.34 Å². The molecule has 2 rings (SSSR count). The maximum Gasteiger partial charge on any atom is 0.286 e. The highest BCUT2D eigenvalue weighted by molar-refractivity contribution is 7.18. The van der Waals surface area contributed by atoms with Gasteiger partial charge in [0.1, 0.15) is 5.69 Å². The lowest BCUT2D eigenvalue weighted by Gasteiger charge is -2.05. The molecule has 0 spiro atoms. The zero-order valence-electron chi connectivity index (χ0n) is 10.8. The number of H-pyrrole nitrogens is 1. The van der Waals surface area contributed by atoms with E-state index in [0.29, 0.717) is 14.9 Å². The third-order valence-electron chi connectivity index (χ3n) is 2.59. The van der Waals surface area contributed by atoms with Gasteiger partial charge in [0.15, 0.2) is 5.78 Å². The minimum absolute atomic E-state index is 0.0145. The zero-order valence-corrected chi connectivity index (χ0v) is 12.4. The van der Waals surface area contributed by atoms with Crippen LogP contribution in [0.25, 0.3) is 0 Å². The number of aromatic nitrogens is 1. The molecule has 110 valence electrons. The quantitative estimate of drug-likeness (QED) is 0.581. The van der Waals surface area contributed by atoms with Crippen molar-refractivity contribution in [2.75, 3.05) is 0 Å². The number of carbonyl (C=O) groups is 3. The summed E-state index contributed by atoms with van der Waals surface area (Å²) >= 11 is 6.91. The van der Waals surface area contributed by atoms with E-state index in [4.69, 9.17) is 11.6 Å². The lowest BCUT2D eigenvalue weighted by molar-refractivity contribution is -0.121. The molecule has 0 bridgehead atoms. The molecule has 0 unspecified atom stereocenters. The lowest BCUT2D eigenvalue weighted by atomic mass is 10.2. The predicted molar refractivity (Wildman–Crippen MR) is 79.3 cm³/mol. The van der Waals surface area contributed by atoms with Gasteiger partial charge in [0, 0.05) is 19.0 Å². The highest BCUT2D eigenvalue weighted by atomic mass is 35.5. The summed E-state index contributed by atoms with van der Waals surface area (Å²) in [5.74, 6) is -1.05. The summed E-state index contributed by atoms with van der Waals surface area (Å²) in [6.07, 6.45) is 1.64. The molecule has 2 aromatic rings. The van der Waals surface area contributed by atoms with Gasteiger partial charge in [-0.15, -0.1) is 11.3 Å². The number of thiophene rings is 1. The maximum atomic E-state index is 11.8. The number of Topliss-reactive ketones (excluding diaryl/α,β-unsaturated/α-hetero) is 1. The number of rotatable bonds is 5. The highest BCUT2D eigenvalue weighted by Gasteiger charge is 2.12. The molecule has 3 N–H and O–H groups in total. The molecule has 0 atom stereocenters. The fourth-order valence-corrected chi connectivity index (χ4v) is 2.55. The van der Waals surface area contributed by atoms with Gasteiger partial charge in [0.2, 0.25) is 5.91 Å². The number of hydrogen-bond donors (Lipinski definition) is 3. The van der Waals surface area contributed by atoms with E-state index in [0.717, 1.165) is 0 Å². The van der Waals surface area contributed by atoms with Gasteiger partial charge in [-0.05, 0) is 24.3 Å². The second-order valence-electron chi connectivity index (χ2n) is 4.11. The first-order chi connectivity index (χ1) is 10.1. The molecule has 0 aliphatic rings. The molecule has 0 saturated carbocycles. The second kappa shape index (κ2) is 7.05. The van der Waals surface area contributed by atoms with Gasteiger partial charge in [0.05, 0.1) is 9.21 Å². The third-order valence-corrected chi connectivity index (χ3v) is 3.86. The molecule has 0 saturated heterocycles. The molecule has 2 heterocycles. The van der Waals surface area contributed by atoms with Gasteiger partial charge in [0.25, 0.3) is 5.91 Å². The predicted octanol–water partition coefficient (Wildman–Crippen LogP) is 2.15. The normalized spacial score (nSPS) is 10.1. The first-order valence-electron chi connectivity index (χ1n) is 6.07. The number of hydrazine groups is 1. The number of amides is 2. The average Bonchev–Trinajstić information content (AvgIpc) is 3.13. The Morgan fingerprint density at radius 2 is 1.95 bits per heavy atom. The smallest absolute Gasteiger partial charge is 0.286 e. The molecule has 6 nitrogen and oxygen atoms in total. The van der Waals surface area contributed by atoms with Crippen LogP contribution in [0.1, 0.15) is 33.0 Å². The summed E-state index contributed by atoms with van der Waals surface area (Å²) in [5.41, 5.74) is 4.84. The Morgan fingerprint density at radius 3 is 2.57 bits per heavy atom. The summed E-state index contributed by atoms with van der Waals surface area (Å²) < 4.78 is 0.529. The Labute approximate surface area is 129 Å². The van der Waals surface area contributed by atoms with Crippen molar-refractivity contribution >= 4 is 40.5 Å². The van der Waals surface area contributed by atoms with Crippen molar-refractivity contribution in [3.8, 4) is 0 Å². The van der Waals surface area contributed by atoms with E-state index >= 15 is 0 Å². The standard InChI is InChI=1S/C13H12ClN3O3S/c14-11-5-4-10(21-11)9(18)3-6-12(19)16-17-13(20)8-2-1-7-15-8/h1-2,4-5,7,15H,3,6H2,(H,16,19)(H,17,20). The Kier molecular flexibility index (Phi) is 5.13. The number of carbonyl (C=O) groups excluding carboxylic acids is 3. The van der Waals surface area contributed by atoms with Crippen LogP contribution in [0.4, 0.5) is 0 Å². The molecule has 0 aliphatic carbocycles. The van der Waals surface area contributed by atoms with E-state index in [9.17, 15) is 14.4 Å². The van der Waals surface area contributed by atoms with Gasteiger partial charge in [-0.3, -0.25) is 25.2 Å². The topological polar surface area (TPSA) is 91.1 Å². The molecule has 2 aromatic heterocycles. The van der Waals surface area contributed by atoms with Gasteiger partial charge < -0.3 is 4.98 Å². The van der Waals surface area contributed by atoms with Crippen LogP contribution >= 0.6 is 22.9 Å². The van der Waals surface area contributed by atoms with Crippen molar-refractivity contribution in [2.24, 2.45) is 0 Å². The van der Waals surface area contributed by atoms with Crippen LogP contribution in [0, 0.1) is 0 Å². The first kappa shape index (κ1) is 15.3. The molecular weight excluding hydrogens is 314 g/mol. The average molecular weight is 326 g/mol. The summed E-state index contributed by atoms with van der Waals surface area (Å²) in [5, 5.41) is 0. The molecule has 21 heavy (non-hydrogen) atoms. The lowest BCUT2D eigenvalue weighted by Crippen LogP contribution is -2.41. The van der Waals surface area contributed by atoms with Crippen molar-refractivity contribution in [1.82, 2.24) is 15.8 Å². The fraction of sp³-hybridized carbons (Fsp3) is 0.154. The van der Waals surface area contributed by atoms with Crippen molar-refractivity contribution < 1.29 is 14.4 Å². The third kappa shape index (κ3) is 4.44. The van der Waals surface area contributed by atoms with Crippen molar-refractivity contribution in [3.05, 3.63) is 45.4 Å². The molecule has 2 amide bonds. The van der Waals surface area contributed by atoms with Gasteiger partial charge >= 0.3 is 0 Å². The number of nitrogens with one attached hydrogen (secondary N) is 3. The van der Waals surface area contributed by atoms with Gasteiger partial charge in [-0.1, -0.05) is 11.6 Å². The molecule has 8 heteroatoms. The van der Waals surface area contributed by atoms with Crippen LogP contribution < -0.4 is 10.9 Å². The number of aromatic amines is 1. The number of hydrogen-bond acceptors (Lipinski definition) is 4. The Balaban J connectivity index is 1.72. The monoisotopic (exact) mass is 325 g/mol. The first-order valence-corrected chi connectivity index (χ1v) is 7.27. The minimum Gasteiger partial charge on any atom is -0.357 e. The highest BCUT2D eigenvalue weighted by Crippen LogP contribution is 2.22. The van der Waals surface area contributed by atoms with E-state index in [2.05, 4.69) is 15.8 Å². The number of halogens is 1. The minimum atomic E-state index is -0.454. The van der Waals surface area contributed by atoms with E-state index in [1.54, 1.807) is 30.5 Å². The van der Waals surface area contributed by atoms with Crippen LogP contribution in [0.5, 0.6) is 0 Å². The molecular formula is C13H12ClN3O3S. The van der Waals surface area contributed by atoms with Crippen LogP contribution in [-0.4, -0.2) is 22.6 Å². The summed E-state index contributed by atoms with van der Waals surface area (Å²) in [7, 11) is 0. The van der Waals surface area contributed by atoms with Gasteiger partial charge in [-0.2, -0.15) is 0 Å². The largest absolute Gasteiger partial charge is 0.357 e. The molecule has 0 radical (unpaired) electrons. The van der Waals surface area contributed by atoms with E-state index < -0.39 is 11.8 Å². The molecule has 0 fully saturated rings. The Hall–Kier alpha value is -2.12.